The second-order valence-electron chi connectivity index (χ2n) is 6.84. The second kappa shape index (κ2) is 14.3. The molecular formula is C22H35NO3. The maximum atomic E-state index is 12.0. The van der Waals surface area contributed by atoms with Gasteiger partial charge in [0.05, 0.1) is 12.2 Å². The van der Waals surface area contributed by atoms with Crippen LogP contribution in [0, 0.1) is 0 Å². The maximum Gasteiger partial charge on any atom is 0.338 e. The van der Waals surface area contributed by atoms with Gasteiger partial charge in [0.15, 0.2) is 0 Å². The van der Waals surface area contributed by atoms with E-state index in [1.54, 1.807) is 24.3 Å². The number of carbonyl (C=O) groups is 2. The molecule has 0 atom stereocenters. The molecule has 1 N–H and O–H groups in total. The molecule has 0 aliphatic heterocycles. The molecule has 0 heterocycles. The zero-order valence-electron chi connectivity index (χ0n) is 16.5. The fraction of sp³-hybridized carbons (Fsp3) is 0.636. The highest BCUT2D eigenvalue weighted by Gasteiger charge is 2.08. The van der Waals surface area contributed by atoms with E-state index in [-0.39, 0.29) is 11.9 Å². The topological polar surface area (TPSA) is 55.4 Å². The summed E-state index contributed by atoms with van der Waals surface area (Å²) in [6.45, 7) is 4.79. The van der Waals surface area contributed by atoms with Gasteiger partial charge >= 0.3 is 5.97 Å². The lowest BCUT2D eigenvalue weighted by molar-refractivity contribution is -0.116. The van der Waals surface area contributed by atoms with E-state index in [1.165, 1.54) is 32.1 Å². The van der Waals surface area contributed by atoms with Crippen molar-refractivity contribution in [2.24, 2.45) is 0 Å². The molecule has 1 rings (SSSR count). The van der Waals surface area contributed by atoms with Gasteiger partial charge in [-0.25, -0.2) is 4.79 Å². The summed E-state index contributed by atoms with van der Waals surface area (Å²) in [4.78, 5) is 23.9. The molecule has 1 amide bonds. The minimum atomic E-state index is -0.304. The third kappa shape index (κ3) is 10.2. The number of esters is 1. The molecule has 0 saturated heterocycles. The SMILES string of the molecule is CCCCCCCCCC(=O)Nc1ccc(C(=O)OCCCCC)cc1. The molecule has 0 aliphatic rings. The smallest absolute Gasteiger partial charge is 0.338 e. The molecule has 0 spiro atoms. The third-order valence-corrected chi connectivity index (χ3v) is 4.39. The largest absolute Gasteiger partial charge is 0.462 e. The zero-order valence-corrected chi connectivity index (χ0v) is 16.5. The van der Waals surface area contributed by atoms with Gasteiger partial charge in [0.1, 0.15) is 0 Å². The maximum absolute atomic E-state index is 12.0. The molecule has 0 fully saturated rings. The fourth-order valence-corrected chi connectivity index (χ4v) is 2.76. The van der Waals surface area contributed by atoms with Crippen molar-refractivity contribution in [3.63, 3.8) is 0 Å². The Hall–Kier alpha value is -1.84. The average molecular weight is 362 g/mol. The summed E-state index contributed by atoms with van der Waals surface area (Å²) in [5, 5.41) is 2.89. The molecule has 1 aromatic carbocycles. The average Bonchev–Trinajstić information content (AvgIpc) is 2.65. The van der Waals surface area contributed by atoms with E-state index in [0.29, 0.717) is 18.6 Å². The summed E-state index contributed by atoms with van der Waals surface area (Å²) in [5.41, 5.74) is 1.24. The molecule has 0 aromatic heterocycles. The third-order valence-electron chi connectivity index (χ3n) is 4.39. The number of nitrogens with one attached hydrogen (secondary N) is 1. The molecule has 0 aliphatic carbocycles. The standard InChI is InChI=1S/C22H35NO3/c1-3-5-7-8-9-10-11-13-21(24)23-20-16-14-19(15-17-20)22(25)26-18-12-6-4-2/h14-17H,3-13,18H2,1-2H3,(H,23,24). The van der Waals surface area contributed by atoms with Crippen LogP contribution in [0.2, 0.25) is 0 Å². The Morgan fingerprint density at radius 3 is 2.04 bits per heavy atom. The zero-order chi connectivity index (χ0) is 19.0. The van der Waals surface area contributed by atoms with Gasteiger partial charge in [-0.05, 0) is 37.1 Å². The molecule has 0 bridgehead atoms. The van der Waals surface area contributed by atoms with Gasteiger partial charge in [0.2, 0.25) is 5.91 Å². The molecule has 4 heteroatoms. The van der Waals surface area contributed by atoms with Gasteiger partial charge in [0.25, 0.3) is 0 Å². The molecule has 0 radical (unpaired) electrons. The second-order valence-corrected chi connectivity index (χ2v) is 6.84. The number of hydrogen-bond donors (Lipinski definition) is 1. The van der Waals surface area contributed by atoms with Crippen LogP contribution in [0.5, 0.6) is 0 Å². The number of carbonyl (C=O) groups excluding carboxylic acids is 2. The van der Waals surface area contributed by atoms with E-state index >= 15 is 0 Å². The van der Waals surface area contributed by atoms with Crippen LogP contribution in [0.3, 0.4) is 0 Å². The van der Waals surface area contributed by atoms with Gasteiger partial charge < -0.3 is 10.1 Å². The first kappa shape index (κ1) is 22.2. The number of hydrogen-bond acceptors (Lipinski definition) is 3. The number of amides is 1. The normalized spacial score (nSPS) is 10.5. The van der Waals surface area contributed by atoms with Crippen LogP contribution in [0.25, 0.3) is 0 Å². The van der Waals surface area contributed by atoms with Crippen molar-refractivity contribution in [2.75, 3.05) is 11.9 Å². The van der Waals surface area contributed by atoms with E-state index in [0.717, 1.165) is 37.8 Å². The van der Waals surface area contributed by atoms with Gasteiger partial charge in [-0.1, -0.05) is 65.2 Å². The predicted molar refractivity (Wildman–Crippen MR) is 107 cm³/mol. The predicted octanol–water partition coefficient (Wildman–Crippen LogP) is 6.11. The van der Waals surface area contributed by atoms with Crippen LogP contribution in [0.1, 0.15) is 94.8 Å². The molecular weight excluding hydrogens is 326 g/mol. The number of anilines is 1. The van der Waals surface area contributed by atoms with E-state index < -0.39 is 0 Å². The minimum Gasteiger partial charge on any atom is -0.462 e. The Bertz CT molecular complexity index is 511. The van der Waals surface area contributed by atoms with Gasteiger partial charge in [-0.15, -0.1) is 0 Å². The molecule has 4 nitrogen and oxygen atoms in total. The lowest BCUT2D eigenvalue weighted by atomic mass is 10.1. The molecule has 1 aromatic rings. The number of benzene rings is 1. The lowest BCUT2D eigenvalue weighted by Crippen LogP contribution is -2.11. The Labute approximate surface area is 158 Å². The van der Waals surface area contributed by atoms with Crippen LogP contribution in [0.15, 0.2) is 24.3 Å². The van der Waals surface area contributed by atoms with Crippen molar-refractivity contribution < 1.29 is 14.3 Å². The summed E-state index contributed by atoms with van der Waals surface area (Å²) in [7, 11) is 0. The Kier molecular flexibility index (Phi) is 12.2. The number of rotatable bonds is 14. The summed E-state index contributed by atoms with van der Waals surface area (Å²) in [6.07, 6.45) is 12.0. The van der Waals surface area contributed by atoms with E-state index in [2.05, 4.69) is 19.2 Å². The lowest BCUT2D eigenvalue weighted by Gasteiger charge is -2.07. The van der Waals surface area contributed by atoms with Gasteiger partial charge in [0, 0.05) is 12.1 Å². The highest BCUT2D eigenvalue weighted by atomic mass is 16.5. The molecule has 0 unspecified atom stereocenters. The van der Waals surface area contributed by atoms with Crippen molar-refractivity contribution in [1.82, 2.24) is 0 Å². The summed E-state index contributed by atoms with van der Waals surface area (Å²) in [6, 6.07) is 6.91. The van der Waals surface area contributed by atoms with Gasteiger partial charge in [-0.3, -0.25) is 4.79 Å². The van der Waals surface area contributed by atoms with E-state index in [1.807, 2.05) is 0 Å². The van der Waals surface area contributed by atoms with Crippen molar-refractivity contribution in [2.45, 2.75) is 84.5 Å². The van der Waals surface area contributed by atoms with Crippen LogP contribution in [-0.2, 0) is 9.53 Å². The van der Waals surface area contributed by atoms with Crippen molar-refractivity contribution in [3.05, 3.63) is 29.8 Å². The summed E-state index contributed by atoms with van der Waals surface area (Å²) < 4.78 is 5.23. The van der Waals surface area contributed by atoms with Crippen LogP contribution >= 0.6 is 0 Å². The first-order valence-electron chi connectivity index (χ1n) is 10.2. The van der Waals surface area contributed by atoms with Crippen LogP contribution in [0.4, 0.5) is 5.69 Å². The summed E-state index contributed by atoms with van der Waals surface area (Å²) in [5.74, 6) is -0.268. The number of ether oxygens (including phenoxy) is 1. The van der Waals surface area contributed by atoms with E-state index in [4.69, 9.17) is 4.74 Å². The van der Waals surface area contributed by atoms with E-state index in [9.17, 15) is 9.59 Å². The Morgan fingerprint density at radius 1 is 0.808 bits per heavy atom. The molecule has 146 valence electrons. The van der Waals surface area contributed by atoms with Crippen molar-refractivity contribution >= 4 is 17.6 Å². The monoisotopic (exact) mass is 361 g/mol. The fourth-order valence-electron chi connectivity index (χ4n) is 2.76. The number of unbranched alkanes of at least 4 members (excludes halogenated alkanes) is 8. The minimum absolute atomic E-state index is 0.0356. The first-order chi connectivity index (χ1) is 12.7. The quantitative estimate of drug-likeness (QED) is 0.321. The molecule has 26 heavy (non-hydrogen) atoms. The Balaban J connectivity index is 2.22. The van der Waals surface area contributed by atoms with Gasteiger partial charge in [-0.2, -0.15) is 0 Å². The summed E-state index contributed by atoms with van der Waals surface area (Å²) >= 11 is 0. The molecule has 0 saturated carbocycles. The van der Waals surface area contributed by atoms with Crippen molar-refractivity contribution in [3.8, 4) is 0 Å². The first-order valence-corrected chi connectivity index (χ1v) is 10.2. The highest BCUT2D eigenvalue weighted by molar-refractivity contribution is 5.93. The van der Waals surface area contributed by atoms with Crippen LogP contribution in [-0.4, -0.2) is 18.5 Å². The highest BCUT2D eigenvalue weighted by Crippen LogP contribution is 2.13. The van der Waals surface area contributed by atoms with Crippen molar-refractivity contribution in [1.29, 1.82) is 0 Å². The Morgan fingerprint density at radius 2 is 1.38 bits per heavy atom. The van der Waals surface area contributed by atoms with Crippen LogP contribution < -0.4 is 5.32 Å².